The molecule has 0 radical (unpaired) electrons. The standard InChI is InChI=1S/C9H12N6O/c1-6-12-7(10-2)4-8(13-6)16-9-11-5-15(3)14-9/h4-5H,1-3H3,(H,10,12,13). The SMILES string of the molecule is CNc1cc(Oc2ncn(C)n2)nc(C)n1. The van der Waals surface area contributed by atoms with Gasteiger partial charge in [0, 0.05) is 20.2 Å². The van der Waals surface area contributed by atoms with Crippen molar-refractivity contribution in [2.75, 3.05) is 12.4 Å². The van der Waals surface area contributed by atoms with E-state index < -0.39 is 0 Å². The minimum Gasteiger partial charge on any atom is -0.404 e. The lowest BCUT2D eigenvalue weighted by atomic mass is 10.5. The van der Waals surface area contributed by atoms with Gasteiger partial charge in [-0.15, -0.1) is 5.10 Å². The fourth-order valence-corrected chi connectivity index (χ4v) is 1.18. The van der Waals surface area contributed by atoms with Crippen molar-refractivity contribution in [3.63, 3.8) is 0 Å². The Morgan fingerprint density at radius 1 is 1.38 bits per heavy atom. The molecule has 0 bridgehead atoms. The van der Waals surface area contributed by atoms with Crippen LogP contribution in [0.3, 0.4) is 0 Å². The van der Waals surface area contributed by atoms with Gasteiger partial charge in [0.1, 0.15) is 18.0 Å². The van der Waals surface area contributed by atoms with Crippen LogP contribution in [0.25, 0.3) is 0 Å². The Labute approximate surface area is 92.5 Å². The Kier molecular flexibility index (Phi) is 2.67. The first-order valence-electron chi connectivity index (χ1n) is 4.74. The predicted octanol–water partition coefficient (Wildman–Crippen LogP) is 0.748. The van der Waals surface area contributed by atoms with Gasteiger partial charge in [-0.1, -0.05) is 0 Å². The van der Waals surface area contributed by atoms with Crippen LogP contribution in [0, 0.1) is 6.92 Å². The van der Waals surface area contributed by atoms with Gasteiger partial charge < -0.3 is 10.1 Å². The number of aryl methyl sites for hydroxylation is 2. The van der Waals surface area contributed by atoms with Crippen LogP contribution in [0.1, 0.15) is 5.82 Å². The summed E-state index contributed by atoms with van der Waals surface area (Å²) in [5.74, 6) is 1.74. The number of rotatable bonds is 3. The van der Waals surface area contributed by atoms with E-state index in [1.165, 1.54) is 0 Å². The monoisotopic (exact) mass is 220 g/mol. The maximum Gasteiger partial charge on any atom is 0.342 e. The van der Waals surface area contributed by atoms with Crippen molar-refractivity contribution >= 4 is 5.82 Å². The van der Waals surface area contributed by atoms with Gasteiger partial charge in [0.05, 0.1) is 0 Å². The van der Waals surface area contributed by atoms with E-state index in [1.54, 1.807) is 38.1 Å². The number of hydrogen-bond acceptors (Lipinski definition) is 6. The van der Waals surface area contributed by atoms with E-state index in [0.717, 1.165) is 0 Å². The van der Waals surface area contributed by atoms with E-state index in [-0.39, 0.29) is 6.01 Å². The van der Waals surface area contributed by atoms with Crippen LogP contribution in [0.15, 0.2) is 12.4 Å². The van der Waals surface area contributed by atoms with Crippen molar-refractivity contribution in [3.8, 4) is 11.9 Å². The summed E-state index contributed by atoms with van der Waals surface area (Å²) in [6, 6.07) is 1.95. The van der Waals surface area contributed by atoms with E-state index in [9.17, 15) is 0 Å². The van der Waals surface area contributed by atoms with E-state index in [4.69, 9.17) is 4.74 Å². The molecular formula is C9H12N6O. The van der Waals surface area contributed by atoms with Gasteiger partial charge in [-0.05, 0) is 6.92 Å². The summed E-state index contributed by atoms with van der Waals surface area (Å²) >= 11 is 0. The van der Waals surface area contributed by atoms with Crippen LogP contribution in [0.5, 0.6) is 11.9 Å². The molecule has 0 aliphatic carbocycles. The molecule has 0 amide bonds. The Morgan fingerprint density at radius 2 is 2.19 bits per heavy atom. The van der Waals surface area contributed by atoms with E-state index >= 15 is 0 Å². The quantitative estimate of drug-likeness (QED) is 0.822. The average Bonchev–Trinajstić information content (AvgIpc) is 2.63. The third kappa shape index (κ3) is 2.25. The zero-order valence-corrected chi connectivity index (χ0v) is 9.30. The number of hydrogen-bond donors (Lipinski definition) is 1. The number of anilines is 1. The molecule has 0 atom stereocenters. The molecule has 1 N–H and O–H groups in total. The minimum absolute atomic E-state index is 0.266. The van der Waals surface area contributed by atoms with Crippen molar-refractivity contribution in [1.29, 1.82) is 0 Å². The molecule has 0 saturated heterocycles. The Morgan fingerprint density at radius 3 is 2.81 bits per heavy atom. The zero-order valence-electron chi connectivity index (χ0n) is 9.30. The molecule has 16 heavy (non-hydrogen) atoms. The molecule has 2 rings (SSSR count). The molecule has 2 aromatic rings. The lowest BCUT2D eigenvalue weighted by Crippen LogP contribution is -1.99. The first-order chi connectivity index (χ1) is 7.67. The second-order valence-corrected chi connectivity index (χ2v) is 3.19. The Bertz CT molecular complexity index is 494. The summed E-state index contributed by atoms with van der Waals surface area (Å²) < 4.78 is 6.95. The summed E-state index contributed by atoms with van der Waals surface area (Å²) in [7, 11) is 3.55. The zero-order chi connectivity index (χ0) is 11.5. The largest absolute Gasteiger partial charge is 0.404 e. The van der Waals surface area contributed by atoms with Gasteiger partial charge in [0.15, 0.2) is 0 Å². The van der Waals surface area contributed by atoms with Crippen molar-refractivity contribution in [3.05, 3.63) is 18.2 Å². The van der Waals surface area contributed by atoms with Crippen LogP contribution in [-0.2, 0) is 7.05 Å². The number of nitrogens with one attached hydrogen (secondary N) is 1. The maximum absolute atomic E-state index is 5.39. The summed E-state index contributed by atoms with van der Waals surface area (Å²) in [6.07, 6.45) is 1.56. The van der Waals surface area contributed by atoms with Crippen LogP contribution < -0.4 is 10.1 Å². The van der Waals surface area contributed by atoms with Gasteiger partial charge in [-0.2, -0.15) is 9.97 Å². The molecule has 0 fully saturated rings. The van der Waals surface area contributed by atoms with Gasteiger partial charge in [-0.3, -0.25) is 4.68 Å². The highest BCUT2D eigenvalue weighted by molar-refractivity contribution is 5.38. The van der Waals surface area contributed by atoms with E-state index in [2.05, 4.69) is 25.4 Å². The highest BCUT2D eigenvalue weighted by Gasteiger charge is 2.05. The minimum atomic E-state index is 0.266. The van der Waals surface area contributed by atoms with Crippen LogP contribution in [0.4, 0.5) is 5.82 Å². The summed E-state index contributed by atoms with van der Waals surface area (Å²) in [6.45, 7) is 1.79. The Hall–Kier alpha value is -2.18. The van der Waals surface area contributed by atoms with Crippen molar-refractivity contribution in [2.24, 2.45) is 7.05 Å². The smallest absolute Gasteiger partial charge is 0.342 e. The Balaban J connectivity index is 2.24. The third-order valence-electron chi connectivity index (χ3n) is 1.85. The highest BCUT2D eigenvalue weighted by Crippen LogP contribution is 2.17. The third-order valence-corrected chi connectivity index (χ3v) is 1.85. The summed E-state index contributed by atoms with van der Waals surface area (Å²) in [5, 5.41) is 6.92. The first kappa shape index (κ1) is 10.3. The molecule has 0 saturated carbocycles. The molecule has 2 heterocycles. The fraction of sp³-hybridized carbons (Fsp3) is 0.333. The topological polar surface area (TPSA) is 77.8 Å². The number of aromatic nitrogens is 5. The lowest BCUT2D eigenvalue weighted by molar-refractivity contribution is 0.420. The van der Waals surface area contributed by atoms with Crippen LogP contribution in [-0.4, -0.2) is 31.8 Å². The van der Waals surface area contributed by atoms with E-state index in [1.807, 2.05) is 0 Å². The van der Waals surface area contributed by atoms with Crippen molar-refractivity contribution < 1.29 is 4.74 Å². The molecule has 0 aliphatic heterocycles. The van der Waals surface area contributed by atoms with Crippen LogP contribution >= 0.6 is 0 Å². The summed E-state index contributed by atoms with van der Waals surface area (Å²) in [5.41, 5.74) is 0. The fourth-order valence-electron chi connectivity index (χ4n) is 1.18. The number of nitrogens with zero attached hydrogens (tertiary/aromatic N) is 5. The predicted molar refractivity (Wildman–Crippen MR) is 57.4 cm³/mol. The van der Waals surface area contributed by atoms with Gasteiger partial charge >= 0.3 is 6.01 Å². The van der Waals surface area contributed by atoms with Crippen molar-refractivity contribution in [2.45, 2.75) is 6.92 Å². The molecule has 0 spiro atoms. The van der Waals surface area contributed by atoms with Gasteiger partial charge in [-0.25, -0.2) is 4.98 Å². The van der Waals surface area contributed by atoms with E-state index in [0.29, 0.717) is 17.5 Å². The average molecular weight is 220 g/mol. The van der Waals surface area contributed by atoms with Crippen molar-refractivity contribution in [1.82, 2.24) is 24.7 Å². The normalized spacial score (nSPS) is 10.2. The first-order valence-corrected chi connectivity index (χ1v) is 4.74. The molecule has 0 aliphatic rings. The molecular weight excluding hydrogens is 208 g/mol. The maximum atomic E-state index is 5.39. The van der Waals surface area contributed by atoms with Crippen LogP contribution in [0.2, 0.25) is 0 Å². The van der Waals surface area contributed by atoms with Gasteiger partial charge in [0.2, 0.25) is 5.88 Å². The summed E-state index contributed by atoms with van der Waals surface area (Å²) in [4.78, 5) is 12.2. The molecule has 0 aromatic carbocycles. The lowest BCUT2D eigenvalue weighted by Gasteiger charge is -2.04. The molecule has 7 nitrogen and oxygen atoms in total. The molecule has 84 valence electrons. The van der Waals surface area contributed by atoms with Gasteiger partial charge in [0.25, 0.3) is 0 Å². The second kappa shape index (κ2) is 4.13. The molecule has 7 heteroatoms. The highest BCUT2D eigenvalue weighted by atomic mass is 16.5. The molecule has 2 aromatic heterocycles. The second-order valence-electron chi connectivity index (χ2n) is 3.19. The number of ether oxygens (including phenoxy) is 1. The molecule has 0 unspecified atom stereocenters.